The smallest absolute Gasteiger partial charge is 0.100 e. The highest BCUT2D eigenvalue weighted by atomic mass is 33.7. The summed E-state index contributed by atoms with van der Waals surface area (Å²) in [5.41, 5.74) is 0.720. The molecule has 1 rings (SSSR count). The number of nitriles is 1. The minimum absolute atomic E-state index is 0.720. The van der Waals surface area contributed by atoms with Crippen LogP contribution in [0.15, 0.2) is 29.2 Å². The third kappa shape index (κ3) is 2.87. The Morgan fingerprint density at radius 1 is 1.33 bits per heavy atom. The molecule has 0 saturated heterocycles. The molecule has 0 aliphatic carbocycles. The topological polar surface area (TPSA) is 23.8 Å². The molecule has 62 valence electrons. The predicted octanol–water partition coefficient (Wildman–Crippen LogP) is 3.79. The van der Waals surface area contributed by atoms with E-state index in [0.717, 1.165) is 10.5 Å². The highest BCUT2D eigenvalue weighted by Crippen LogP contribution is 2.42. The van der Waals surface area contributed by atoms with Crippen molar-refractivity contribution >= 4 is 42.1 Å². The normalized spacial score (nSPS) is 9.33. The van der Waals surface area contributed by atoms with Crippen molar-refractivity contribution in [2.75, 3.05) is 0 Å². The van der Waals surface area contributed by atoms with Crippen molar-refractivity contribution in [3.63, 3.8) is 0 Å². The fraction of sp³-hybridized carbons (Fsp3) is 0. The molecule has 0 bridgehead atoms. The Morgan fingerprint density at radius 2 is 2.08 bits per heavy atom. The average Bonchev–Trinajstić information content (AvgIpc) is 2.15. The van der Waals surface area contributed by atoms with Crippen LogP contribution in [0, 0.1) is 11.3 Å². The quantitative estimate of drug-likeness (QED) is 0.631. The number of benzene rings is 1. The number of thiol groups is 1. The molecule has 1 aromatic rings. The molecule has 0 spiro atoms. The zero-order valence-corrected chi connectivity index (χ0v) is 9.27. The second-order valence-corrected chi connectivity index (χ2v) is 6.65. The van der Waals surface area contributed by atoms with Crippen molar-refractivity contribution in [1.82, 2.24) is 0 Å². The van der Waals surface area contributed by atoms with Gasteiger partial charge in [0, 0.05) is 4.90 Å². The molecular formula is C7H5NS4. The van der Waals surface area contributed by atoms with Gasteiger partial charge in [0.2, 0.25) is 0 Å². The molecule has 0 aromatic heterocycles. The van der Waals surface area contributed by atoms with E-state index in [1.165, 1.54) is 19.7 Å². The lowest BCUT2D eigenvalue weighted by molar-refractivity contribution is 1.38. The van der Waals surface area contributed by atoms with E-state index in [0.29, 0.717) is 0 Å². The van der Waals surface area contributed by atoms with Crippen LogP contribution in [0.25, 0.3) is 0 Å². The molecule has 1 aromatic carbocycles. The molecule has 0 heterocycles. The molecule has 0 unspecified atom stereocenters. The van der Waals surface area contributed by atoms with Gasteiger partial charge in [-0.3, -0.25) is 0 Å². The minimum Gasteiger partial charge on any atom is -0.192 e. The summed E-state index contributed by atoms with van der Waals surface area (Å²) in [5, 5.41) is 8.72. The molecule has 0 radical (unpaired) electrons. The third-order valence-electron chi connectivity index (χ3n) is 1.16. The van der Waals surface area contributed by atoms with Gasteiger partial charge < -0.3 is 0 Å². The van der Waals surface area contributed by atoms with Gasteiger partial charge in [-0.1, -0.05) is 23.8 Å². The maximum absolute atomic E-state index is 8.72. The molecular weight excluding hydrogens is 226 g/mol. The van der Waals surface area contributed by atoms with E-state index < -0.39 is 0 Å². The van der Waals surface area contributed by atoms with E-state index >= 15 is 0 Å². The van der Waals surface area contributed by atoms with Gasteiger partial charge in [0.25, 0.3) is 0 Å². The molecule has 0 aliphatic heterocycles. The maximum atomic E-state index is 8.72. The SMILES string of the molecule is N#Cc1ccccc1SSSS. The summed E-state index contributed by atoms with van der Waals surface area (Å²) >= 11 is 3.99. The third-order valence-corrected chi connectivity index (χ3v) is 5.55. The largest absolute Gasteiger partial charge is 0.192 e. The van der Waals surface area contributed by atoms with Crippen LogP contribution in [0.1, 0.15) is 5.56 Å². The van der Waals surface area contributed by atoms with Crippen LogP contribution in [0.4, 0.5) is 0 Å². The predicted molar refractivity (Wildman–Crippen MR) is 61.2 cm³/mol. The Bertz CT molecular complexity index is 294. The van der Waals surface area contributed by atoms with E-state index in [4.69, 9.17) is 5.26 Å². The standard InChI is InChI=1S/C7H5NS4/c8-5-6-3-1-2-4-7(6)10-12-11-9/h1-4,9H. The molecule has 0 fully saturated rings. The van der Waals surface area contributed by atoms with Gasteiger partial charge in [0.05, 0.1) is 5.56 Å². The summed E-state index contributed by atoms with van der Waals surface area (Å²) in [5.74, 6) is 0. The van der Waals surface area contributed by atoms with E-state index in [1.807, 2.05) is 24.3 Å². The first-order valence-electron chi connectivity index (χ1n) is 3.02. The molecule has 1 nitrogen and oxygen atoms in total. The highest BCUT2D eigenvalue weighted by Gasteiger charge is 2.00. The molecule has 0 amide bonds. The lowest BCUT2D eigenvalue weighted by Crippen LogP contribution is -1.75. The average molecular weight is 231 g/mol. The van der Waals surface area contributed by atoms with Gasteiger partial charge in [-0.25, -0.2) is 0 Å². The van der Waals surface area contributed by atoms with Gasteiger partial charge in [-0.05, 0) is 42.6 Å². The zero-order valence-electron chi connectivity index (χ0n) is 5.93. The van der Waals surface area contributed by atoms with Gasteiger partial charge >= 0.3 is 0 Å². The van der Waals surface area contributed by atoms with Gasteiger partial charge in [-0.2, -0.15) is 5.26 Å². The first-order valence-corrected chi connectivity index (χ1v) is 7.56. The van der Waals surface area contributed by atoms with Gasteiger partial charge in [0.15, 0.2) is 0 Å². The Morgan fingerprint density at radius 3 is 2.75 bits per heavy atom. The van der Waals surface area contributed by atoms with E-state index in [-0.39, 0.29) is 0 Å². The van der Waals surface area contributed by atoms with Crippen LogP contribution in [-0.2, 0) is 0 Å². The van der Waals surface area contributed by atoms with Crippen molar-refractivity contribution in [3.05, 3.63) is 29.8 Å². The van der Waals surface area contributed by atoms with E-state index in [9.17, 15) is 0 Å². The van der Waals surface area contributed by atoms with Crippen molar-refractivity contribution in [2.45, 2.75) is 4.90 Å². The van der Waals surface area contributed by atoms with Crippen LogP contribution in [-0.4, -0.2) is 0 Å². The zero-order chi connectivity index (χ0) is 8.81. The molecule has 0 aliphatic rings. The second-order valence-electron chi connectivity index (χ2n) is 1.83. The van der Waals surface area contributed by atoms with Crippen LogP contribution in [0.3, 0.4) is 0 Å². The number of rotatable bonds is 3. The number of hydrogen-bond acceptors (Lipinski definition) is 5. The van der Waals surface area contributed by atoms with Crippen LogP contribution in [0.2, 0.25) is 0 Å². The van der Waals surface area contributed by atoms with Gasteiger partial charge in [-0.15, -0.1) is 0 Å². The first-order chi connectivity index (χ1) is 5.88. The fourth-order valence-electron chi connectivity index (χ4n) is 0.684. The fourth-order valence-corrected chi connectivity index (χ4v) is 3.63. The van der Waals surface area contributed by atoms with Crippen LogP contribution >= 0.6 is 42.1 Å². The van der Waals surface area contributed by atoms with Crippen molar-refractivity contribution < 1.29 is 0 Å². The maximum Gasteiger partial charge on any atom is 0.100 e. The molecule has 0 saturated carbocycles. The highest BCUT2D eigenvalue weighted by molar-refractivity contribution is 9.23. The molecule has 12 heavy (non-hydrogen) atoms. The Balaban J connectivity index is 2.77. The van der Waals surface area contributed by atoms with Gasteiger partial charge in [0.1, 0.15) is 6.07 Å². The van der Waals surface area contributed by atoms with Crippen molar-refractivity contribution in [3.8, 4) is 6.07 Å². The summed E-state index contributed by atoms with van der Waals surface area (Å²) in [4.78, 5) is 0.992. The summed E-state index contributed by atoms with van der Waals surface area (Å²) in [6, 6.07) is 9.66. The molecule has 0 N–H and O–H groups in total. The van der Waals surface area contributed by atoms with Crippen LogP contribution in [0.5, 0.6) is 0 Å². The summed E-state index contributed by atoms with van der Waals surface area (Å²) in [6.07, 6.45) is 0. The first kappa shape index (κ1) is 10.2. The Hall–Kier alpha value is 0.110. The van der Waals surface area contributed by atoms with Crippen molar-refractivity contribution in [1.29, 1.82) is 5.26 Å². The van der Waals surface area contributed by atoms with E-state index in [1.54, 1.807) is 10.8 Å². The van der Waals surface area contributed by atoms with Crippen LogP contribution < -0.4 is 0 Å². The number of hydrogen-bond donors (Lipinski definition) is 1. The monoisotopic (exact) mass is 231 g/mol. The Labute approximate surface area is 87.9 Å². The van der Waals surface area contributed by atoms with Crippen molar-refractivity contribution in [2.24, 2.45) is 0 Å². The Kier molecular flexibility index (Phi) is 4.84. The summed E-state index contributed by atoms with van der Waals surface area (Å²) in [7, 11) is 4.47. The molecule has 0 atom stereocenters. The molecule has 5 heteroatoms. The summed E-state index contributed by atoms with van der Waals surface area (Å²) in [6.45, 7) is 0. The summed E-state index contributed by atoms with van der Waals surface area (Å²) < 4.78 is 0. The lowest BCUT2D eigenvalue weighted by Gasteiger charge is -1.98. The minimum atomic E-state index is 0.720. The number of nitrogens with zero attached hydrogens (tertiary/aromatic N) is 1. The lowest BCUT2D eigenvalue weighted by atomic mass is 10.2. The second kappa shape index (κ2) is 5.70. The van der Waals surface area contributed by atoms with E-state index in [2.05, 4.69) is 17.7 Å².